The van der Waals surface area contributed by atoms with E-state index in [2.05, 4.69) is 0 Å². The molecule has 10 atom stereocenters. The zero-order chi connectivity index (χ0) is 32.7. The summed E-state index contributed by atoms with van der Waals surface area (Å²) in [5, 5.41) is 102. The molecule has 3 heterocycles. The van der Waals surface area contributed by atoms with Crippen molar-refractivity contribution in [3.05, 3.63) is 40.6 Å². The number of hydrogen-bond donors (Lipinski definition) is 10. The van der Waals surface area contributed by atoms with Crippen molar-refractivity contribution in [1.82, 2.24) is 0 Å². The summed E-state index contributed by atoms with van der Waals surface area (Å²) < 4.78 is 33.0. The van der Waals surface area contributed by atoms with E-state index in [1.807, 2.05) is 0 Å². The lowest BCUT2D eigenvalue weighted by Gasteiger charge is -2.42. The maximum Gasteiger partial charge on any atom is 0.239 e. The predicted octanol–water partition coefficient (Wildman–Crippen LogP) is -2.41. The molecule has 0 spiro atoms. The lowest BCUT2D eigenvalue weighted by atomic mass is 9.98. The van der Waals surface area contributed by atoms with Gasteiger partial charge in [0.05, 0.1) is 20.3 Å². The van der Waals surface area contributed by atoms with Gasteiger partial charge in [-0.25, -0.2) is 0 Å². The largest absolute Gasteiger partial charge is 0.507 e. The Kier molecular flexibility index (Phi) is 9.38. The fraction of sp³-hybridized carbons (Fsp3) is 0.464. The van der Waals surface area contributed by atoms with Crippen molar-refractivity contribution in [1.29, 1.82) is 0 Å². The van der Waals surface area contributed by atoms with Crippen LogP contribution in [0.4, 0.5) is 0 Å². The molecule has 0 amide bonds. The van der Waals surface area contributed by atoms with Gasteiger partial charge in [-0.15, -0.1) is 0 Å². The van der Waals surface area contributed by atoms with Gasteiger partial charge in [0.15, 0.2) is 23.5 Å². The van der Waals surface area contributed by atoms with Gasteiger partial charge < -0.3 is 79.2 Å². The van der Waals surface area contributed by atoms with Crippen LogP contribution in [0.2, 0.25) is 0 Å². The lowest BCUT2D eigenvalue weighted by Crippen LogP contribution is -2.62. The van der Waals surface area contributed by atoms with Crippen LogP contribution in [0, 0.1) is 0 Å². The molecule has 0 radical (unpaired) electrons. The van der Waals surface area contributed by atoms with Crippen molar-refractivity contribution >= 4 is 11.0 Å². The first-order chi connectivity index (χ1) is 21.4. The van der Waals surface area contributed by atoms with Gasteiger partial charge in [0.1, 0.15) is 71.3 Å². The molecule has 10 N–H and O–H groups in total. The van der Waals surface area contributed by atoms with Crippen LogP contribution in [0.25, 0.3) is 22.3 Å². The van der Waals surface area contributed by atoms with Crippen molar-refractivity contribution in [3.63, 3.8) is 0 Å². The summed E-state index contributed by atoms with van der Waals surface area (Å²) in [5.74, 6) is -2.55. The average Bonchev–Trinajstić information content (AvgIpc) is 3.02. The maximum atomic E-state index is 13.7. The van der Waals surface area contributed by atoms with Crippen LogP contribution >= 0.6 is 0 Å². The highest BCUT2D eigenvalue weighted by atomic mass is 16.7. The van der Waals surface area contributed by atoms with E-state index < -0.39 is 103 Å². The molecular weight excluding hydrogens is 608 g/mol. The average molecular weight is 641 g/mol. The number of methoxy groups -OCH3 is 1. The summed E-state index contributed by atoms with van der Waals surface area (Å²) >= 11 is 0. The van der Waals surface area contributed by atoms with E-state index >= 15 is 0 Å². The zero-order valence-electron chi connectivity index (χ0n) is 23.4. The number of phenols is 3. The minimum atomic E-state index is -1.98. The van der Waals surface area contributed by atoms with E-state index in [1.165, 1.54) is 19.2 Å². The number of aromatic hydroxyl groups is 3. The number of ether oxygens (including phenoxy) is 5. The van der Waals surface area contributed by atoms with Gasteiger partial charge in [-0.3, -0.25) is 4.79 Å². The van der Waals surface area contributed by atoms with Crippen LogP contribution in [-0.2, 0) is 14.2 Å². The van der Waals surface area contributed by atoms with E-state index in [0.717, 1.165) is 18.2 Å². The molecule has 246 valence electrons. The van der Waals surface area contributed by atoms with E-state index in [-0.39, 0.29) is 28.0 Å². The summed E-state index contributed by atoms with van der Waals surface area (Å²) in [6, 6.07) is 5.83. The van der Waals surface area contributed by atoms with Gasteiger partial charge in [-0.1, -0.05) is 0 Å². The van der Waals surface area contributed by atoms with Crippen molar-refractivity contribution in [3.8, 4) is 40.1 Å². The second kappa shape index (κ2) is 12.9. The third-order valence-electron chi connectivity index (χ3n) is 7.56. The standard InChI is InChI=1S/C28H32O17/c1-40-10-5-13(32)17-14(6-10)42-25(9-2-3-11(30)12(31)4-9)26(20(17)35)45-28-24(39)22(37)19(34)16(44-28)8-41-27-23(38)21(36)18(33)15(7-29)43-27/h2-6,15-16,18-19,21-24,27-34,36-39H,7-8H2,1H3/t15-,16-,18-,19-,21-,22+,23+,24-,27+,28-/m0/s1. The van der Waals surface area contributed by atoms with Crippen LogP contribution in [-0.4, -0.2) is 133 Å². The molecule has 0 aliphatic carbocycles. The molecule has 2 aromatic carbocycles. The Morgan fingerprint density at radius 2 is 1.40 bits per heavy atom. The van der Waals surface area contributed by atoms with Crippen LogP contribution in [0.1, 0.15) is 0 Å². The Bertz CT molecular complexity index is 1570. The third kappa shape index (κ3) is 6.10. The van der Waals surface area contributed by atoms with Crippen LogP contribution in [0.3, 0.4) is 0 Å². The number of hydrogen-bond acceptors (Lipinski definition) is 17. The molecular formula is C28H32O17. The van der Waals surface area contributed by atoms with E-state index in [1.54, 1.807) is 0 Å². The van der Waals surface area contributed by atoms with E-state index in [4.69, 9.17) is 28.1 Å². The first-order valence-corrected chi connectivity index (χ1v) is 13.5. The van der Waals surface area contributed by atoms with Gasteiger partial charge in [0.25, 0.3) is 0 Å². The molecule has 0 bridgehead atoms. The van der Waals surface area contributed by atoms with Crippen LogP contribution < -0.4 is 14.9 Å². The highest BCUT2D eigenvalue weighted by Crippen LogP contribution is 2.39. The number of fused-ring (bicyclic) bond motifs is 1. The number of aliphatic hydroxyl groups excluding tert-OH is 7. The van der Waals surface area contributed by atoms with Gasteiger partial charge in [-0.05, 0) is 18.2 Å². The smallest absolute Gasteiger partial charge is 0.239 e. The molecule has 3 aromatic rings. The fourth-order valence-electron chi connectivity index (χ4n) is 5.00. The monoisotopic (exact) mass is 640 g/mol. The van der Waals surface area contributed by atoms with Crippen LogP contribution in [0.5, 0.6) is 28.7 Å². The topological polar surface area (TPSA) is 279 Å². The summed E-state index contributed by atoms with van der Waals surface area (Å²) in [5.41, 5.74) is -1.15. The van der Waals surface area contributed by atoms with E-state index in [9.17, 15) is 55.9 Å². The number of aliphatic hydroxyl groups is 7. The molecule has 45 heavy (non-hydrogen) atoms. The number of benzene rings is 2. The molecule has 2 fully saturated rings. The van der Waals surface area contributed by atoms with Gasteiger partial charge >= 0.3 is 0 Å². The lowest BCUT2D eigenvalue weighted by molar-refractivity contribution is -0.323. The SMILES string of the molecule is COc1cc(O)c2c(=O)c(O[C@@H]3O[C@@H](CO[C@@H]4O[C@@H](CO)[C@H](O)[C@H](O)[C@H]4O)[C@H](O)[C@@H](O)[C@@H]3O)c(-c3ccc(O)c(O)c3)oc2c1. The molecule has 17 heteroatoms. The molecule has 2 aliphatic heterocycles. The normalized spacial score (nSPS) is 32.0. The summed E-state index contributed by atoms with van der Waals surface area (Å²) in [6.45, 7) is -1.40. The van der Waals surface area contributed by atoms with Gasteiger partial charge in [0.2, 0.25) is 17.5 Å². The Hall–Kier alpha value is -3.75. The minimum Gasteiger partial charge on any atom is -0.507 e. The first-order valence-electron chi connectivity index (χ1n) is 13.5. The second-order valence-corrected chi connectivity index (χ2v) is 10.5. The zero-order valence-corrected chi connectivity index (χ0v) is 23.4. The number of rotatable bonds is 8. The molecule has 1 aromatic heterocycles. The van der Waals surface area contributed by atoms with Crippen molar-refractivity contribution in [2.24, 2.45) is 0 Å². The Balaban J connectivity index is 1.48. The van der Waals surface area contributed by atoms with Crippen LogP contribution in [0.15, 0.2) is 39.5 Å². The summed E-state index contributed by atoms with van der Waals surface area (Å²) in [7, 11) is 1.31. The van der Waals surface area contributed by atoms with Gasteiger partial charge in [-0.2, -0.15) is 0 Å². The Morgan fingerprint density at radius 1 is 0.756 bits per heavy atom. The molecule has 2 aliphatic rings. The summed E-state index contributed by atoms with van der Waals surface area (Å²) in [4.78, 5) is 13.7. The van der Waals surface area contributed by atoms with Crippen molar-refractivity contribution < 1.29 is 79.2 Å². The Morgan fingerprint density at radius 3 is 2.04 bits per heavy atom. The highest BCUT2D eigenvalue weighted by molar-refractivity contribution is 5.88. The van der Waals surface area contributed by atoms with Gasteiger partial charge in [0, 0.05) is 17.7 Å². The molecule has 0 saturated carbocycles. The van der Waals surface area contributed by atoms with Crippen molar-refractivity contribution in [2.45, 2.75) is 61.4 Å². The second-order valence-electron chi connectivity index (χ2n) is 10.5. The molecule has 0 unspecified atom stereocenters. The minimum absolute atomic E-state index is 0.00464. The fourth-order valence-corrected chi connectivity index (χ4v) is 5.00. The quantitative estimate of drug-likeness (QED) is 0.115. The summed E-state index contributed by atoms with van der Waals surface area (Å²) in [6.07, 6.45) is -17.3. The number of phenolic OH excluding ortho intramolecular Hbond substituents is 3. The Labute approximate surface area is 252 Å². The highest BCUT2D eigenvalue weighted by Gasteiger charge is 2.48. The van der Waals surface area contributed by atoms with E-state index in [0.29, 0.717) is 0 Å². The predicted molar refractivity (Wildman–Crippen MR) is 146 cm³/mol. The molecule has 5 rings (SSSR count). The maximum absolute atomic E-state index is 13.7. The third-order valence-corrected chi connectivity index (χ3v) is 7.56. The molecule has 17 nitrogen and oxygen atoms in total. The van der Waals surface area contributed by atoms with Crippen molar-refractivity contribution in [2.75, 3.05) is 20.3 Å². The molecule has 2 saturated heterocycles. The first kappa shape index (κ1) is 32.6.